The number of thiophene rings is 1. The van der Waals surface area contributed by atoms with Crippen molar-refractivity contribution in [1.29, 1.82) is 0 Å². The molecule has 0 aliphatic rings. The third-order valence-electron chi connectivity index (χ3n) is 3.35. The van der Waals surface area contributed by atoms with E-state index in [-0.39, 0.29) is 12.3 Å². The summed E-state index contributed by atoms with van der Waals surface area (Å²) >= 11 is 1.61. The Morgan fingerprint density at radius 3 is 2.70 bits per heavy atom. The monoisotopic (exact) mass is 326 g/mol. The predicted molar refractivity (Wildman–Crippen MR) is 90.4 cm³/mol. The molecule has 0 spiro atoms. The minimum atomic E-state index is -0.751. The fourth-order valence-corrected chi connectivity index (χ4v) is 2.92. The molecule has 1 heterocycles. The molecule has 0 saturated carbocycles. The van der Waals surface area contributed by atoms with Crippen molar-refractivity contribution in [1.82, 2.24) is 5.32 Å². The minimum absolute atomic E-state index is 0.0797. The summed E-state index contributed by atoms with van der Waals surface area (Å²) in [5.41, 5.74) is 1.12. The molecule has 0 bridgehead atoms. The zero-order chi connectivity index (χ0) is 16.2. The highest BCUT2D eigenvalue weighted by Gasteiger charge is 2.14. The van der Waals surface area contributed by atoms with E-state index in [9.17, 15) is 14.7 Å². The molecule has 5 nitrogen and oxygen atoms in total. The van der Waals surface area contributed by atoms with Gasteiger partial charge in [0.25, 0.3) is 0 Å². The van der Waals surface area contributed by atoms with Crippen molar-refractivity contribution in [3.8, 4) is 5.75 Å². The first-order chi connectivity index (χ1) is 11.1. The van der Waals surface area contributed by atoms with E-state index in [1.165, 1.54) is 6.07 Å². The molecule has 0 atom stereocenters. The van der Waals surface area contributed by atoms with Crippen LogP contribution < -0.4 is 10.6 Å². The van der Waals surface area contributed by atoms with Gasteiger partial charge in [-0.15, -0.1) is 11.3 Å². The number of para-hydroxylation sites is 1. The minimum Gasteiger partial charge on any atom is -0.508 e. The van der Waals surface area contributed by atoms with Crippen LogP contribution in [0.15, 0.2) is 53.9 Å². The summed E-state index contributed by atoms with van der Waals surface area (Å²) in [5, 5.41) is 17.7. The molecule has 0 fully saturated rings. The molecule has 1 aromatic heterocycles. The van der Waals surface area contributed by atoms with E-state index in [4.69, 9.17) is 0 Å². The molecule has 3 aromatic rings. The van der Waals surface area contributed by atoms with Gasteiger partial charge in [0.15, 0.2) is 0 Å². The number of phenolic OH excluding ortho intramolecular Hbond substituents is 1. The van der Waals surface area contributed by atoms with Gasteiger partial charge in [-0.25, -0.2) is 0 Å². The van der Waals surface area contributed by atoms with Crippen LogP contribution in [0.3, 0.4) is 0 Å². The maximum atomic E-state index is 11.9. The fourth-order valence-electron chi connectivity index (χ4n) is 2.15. The third kappa shape index (κ3) is 3.49. The first kappa shape index (κ1) is 15.1. The summed E-state index contributed by atoms with van der Waals surface area (Å²) in [4.78, 5) is 23.8. The normalized spacial score (nSPS) is 10.4. The first-order valence-corrected chi connectivity index (χ1v) is 7.85. The lowest BCUT2D eigenvalue weighted by atomic mass is 10.2. The molecule has 2 aromatic carbocycles. The number of nitrogens with one attached hydrogen (secondary N) is 2. The maximum Gasteiger partial charge on any atom is 0.313 e. The van der Waals surface area contributed by atoms with Gasteiger partial charge in [0.05, 0.1) is 0 Å². The van der Waals surface area contributed by atoms with Crippen molar-refractivity contribution < 1.29 is 14.7 Å². The van der Waals surface area contributed by atoms with E-state index in [1.54, 1.807) is 35.6 Å². The lowest BCUT2D eigenvalue weighted by Crippen LogP contribution is -2.34. The lowest BCUT2D eigenvalue weighted by Gasteiger charge is -2.08. The Morgan fingerprint density at radius 1 is 1.04 bits per heavy atom. The summed E-state index contributed by atoms with van der Waals surface area (Å²) in [6.45, 7) is 0.0858. The van der Waals surface area contributed by atoms with Crippen LogP contribution in [0, 0.1) is 0 Å². The smallest absolute Gasteiger partial charge is 0.313 e. The number of anilines is 1. The molecule has 116 valence electrons. The quantitative estimate of drug-likeness (QED) is 0.648. The Kier molecular flexibility index (Phi) is 4.25. The molecule has 0 unspecified atom stereocenters. The number of hydrogen-bond acceptors (Lipinski definition) is 4. The van der Waals surface area contributed by atoms with Crippen LogP contribution in [0.4, 0.5) is 5.69 Å². The largest absolute Gasteiger partial charge is 0.508 e. The molecule has 6 heteroatoms. The highest BCUT2D eigenvalue weighted by Crippen LogP contribution is 2.23. The van der Waals surface area contributed by atoms with Gasteiger partial charge < -0.3 is 15.7 Å². The second-order valence-electron chi connectivity index (χ2n) is 4.94. The molecule has 3 N–H and O–H groups in total. The molecule has 0 aliphatic carbocycles. The number of hydrogen-bond donors (Lipinski definition) is 3. The molecule has 0 saturated heterocycles. The van der Waals surface area contributed by atoms with Crippen molar-refractivity contribution in [2.24, 2.45) is 0 Å². The summed E-state index contributed by atoms with van der Waals surface area (Å²) in [7, 11) is 0. The van der Waals surface area contributed by atoms with Crippen molar-refractivity contribution in [3.05, 3.63) is 59.5 Å². The van der Waals surface area contributed by atoms with E-state index in [2.05, 4.69) is 10.6 Å². The summed E-state index contributed by atoms with van der Waals surface area (Å²) in [6.07, 6.45) is 0. The molecular weight excluding hydrogens is 312 g/mol. The Bertz CT molecular complexity index is 873. The highest BCUT2D eigenvalue weighted by molar-refractivity contribution is 7.17. The number of phenols is 1. The second kappa shape index (κ2) is 6.50. The van der Waals surface area contributed by atoms with Crippen molar-refractivity contribution >= 4 is 38.9 Å². The van der Waals surface area contributed by atoms with Gasteiger partial charge in [-0.3, -0.25) is 9.59 Å². The van der Waals surface area contributed by atoms with Gasteiger partial charge in [-0.1, -0.05) is 18.2 Å². The number of carbonyl (C=O) groups excluding carboxylic acids is 2. The van der Waals surface area contributed by atoms with Crippen LogP contribution in [0.5, 0.6) is 5.75 Å². The van der Waals surface area contributed by atoms with Gasteiger partial charge in [0.2, 0.25) is 0 Å². The van der Waals surface area contributed by atoms with Gasteiger partial charge in [-0.2, -0.15) is 0 Å². The number of aromatic hydroxyl groups is 1. The van der Waals surface area contributed by atoms with Gasteiger partial charge in [-0.05, 0) is 41.1 Å². The average molecular weight is 326 g/mol. The average Bonchev–Trinajstić information content (AvgIpc) is 3.01. The van der Waals surface area contributed by atoms with Crippen LogP contribution >= 0.6 is 11.3 Å². The van der Waals surface area contributed by atoms with Crippen LogP contribution in [0.1, 0.15) is 5.56 Å². The first-order valence-electron chi connectivity index (χ1n) is 6.97. The molecule has 0 radical (unpaired) electrons. The van der Waals surface area contributed by atoms with Gasteiger partial charge in [0, 0.05) is 22.5 Å². The Labute approximate surface area is 136 Å². The van der Waals surface area contributed by atoms with E-state index >= 15 is 0 Å². The zero-order valence-corrected chi connectivity index (χ0v) is 12.9. The zero-order valence-electron chi connectivity index (χ0n) is 12.1. The summed E-state index contributed by atoms with van der Waals surface area (Å²) < 4.78 is 1.12. The van der Waals surface area contributed by atoms with Crippen molar-refractivity contribution in [2.75, 3.05) is 5.32 Å². The Hall–Kier alpha value is -2.86. The number of benzene rings is 2. The van der Waals surface area contributed by atoms with Gasteiger partial charge in [0.1, 0.15) is 5.75 Å². The van der Waals surface area contributed by atoms with Crippen LogP contribution in [0.2, 0.25) is 0 Å². The standard InChI is InChI=1S/C17H14N2O3S/c20-14-4-2-1-3-12(14)10-18-16(21)17(22)19-13-5-6-15-11(9-13)7-8-23-15/h1-9,20H,10H2,(H,18,21)(H,19,22). The highest BCUT2D eigenvalue weighted by atomic mass is 32.1. The Morgan fingerprint density at radius 2 is 1.87 bits per heavy atom. The van der Waals surface area contributed by atoms with E-state index < -0.39 is 11.8 Å². The molecule has 0 aliphatic heterocycles. The van der Waals surface area contributed by atoms with E-state index in [0.29, 0.717) is 11.3 Å². The second-order valence-corrected chi connectivity index (χ2v) is 5.89. The van der Waals surface area contributed by atoms with Crippen molar-refractivity contribution in [2.45, 2.75) is 6.54 Å². The van der Waals surface area contributed by atoms with Crippen LogP contribution in [-0.2, 0) is 16.1 Å². The van der Waals surface area contributed by atoms with Gasteiger partial charge >= 0.3 is 11.8 Å². The number of amides is 2. The summed E-state index contributed by atoms with van der Waals surface area (Å²) in [5.74, 6) is -1.41. The topological polar surface area (TPSA) is 78.4 Å². The van der Waals surface area contributed by atoms with Crippen LogP contribution in [0.25, 0.3) is 10.1 Å². The predicted octanol–water partition coefficient (Wildman–Crippen LogP) is 2.86. The van der Waals surface area contributed by atoms with E-state index in [1.807, 2.05) is 23.6 Å². The number of rotatable bonds is 3. The number of carbonyl (C=O) groups is 2. The Balaban J connectivity index is 1.61. The SMILES string of the molecule is O=C(NCc1ccccc1O)C(=O)Nc1ccc2sccc2c1. The lowest BCUT2D eigenvalue weighted by molar-refractivity contribution is -0.136. The molecule has 3 rings (SSSR count). The molecule has 23 heavy (non-hydrogen) atoms. The third-order valence-corrected chi connectivity index (χ3v) is 4.25. The maximum absolute atomic E-state index is 11.9. The molecular formula is C17H14N2O3S. The summed E-state index contributed by atoms with van der Waals surface area (Å²) in [6, 6.07) is 14.1. The fraction of sp³-hybridized carbons (Fsp3) is 0.0588. The van der Waals surface area contributed by atoms with Crippen LogP contribution in [-0.4, -0.2) is 16.9 Å². The van der Waals surface area contributed by atoms with Crippen molar-refractivity contribution in [3.63, 3.8) is 0 Å². The van der Waals surface area contributed by atoms with E-state index in [0.717, 1.165) is 10.1 Å². The number of fused-ring (bicyclic) bond motifs is 1. The molecule has 2 amide bonds.